The highest BCUT2D eigenvalue weighted by Crippen LogP contribution is 2.19. The van der Waals surface area contributed by atoms with E-state index in [4.69, 9.17) is 23.2 Å². The standard InChI is InChI=1S/C14H15ClFN3O3.C8H12N4/c15-12-2-1-10(16)7-11(12)14(22)19-5-3-18(4-6-19)13(21)8-17-9-20;1-7(9)6-12(10)8-4-2-3-5-11-8/h1-2,7,9H,3-6,8H2,(H,17,20);2-6H,9-10H2,1H3/b;7-6-. The van der Waals surface area contributed by atoms with Crippen LogP contribution in [0.15, 0.2) is 54.5 Å². The summed E-state index contributed by atoms with van der Waals surface area (Å²) in [6.45, 7) is 3.09. The molecule has 2 heterocycles. The second-order valence-electron chi connectivity index (χ2n) is 7.26. The first kappa shape index (κ1) is 26.6. The van der Waals surface area contributed by atoms with Crippen molar-refractivity contribution in [1.82, 2.24) is 20.1 Å². The number of halogens is 2. The monoisotopic (exact) mass is 491 g/mol. The van der Waals surface area contributed by atoms with E-state index in [1.165, 1.54) is 22.0 Å². The van der Waals surface area contributed by atoms with Gasteiger partial charge in [0.25, 0.3) is 5.91 Å². The lowest BCUT2D eigenvalue weighted by atomic mass is 10.1. The van der Waals surface area contributed by atoms with Gasteiger partial charge in [0.1, 0.15) is 11.6 Å². The lowest BCUT2D eigenvalue weighted by Gasteiger charge is -2.34. The van der Waals surface area contributed by atoms with E-state index in [0.29, 0.717) is 44.1 Å². The Morgan fingerprint density at radius 3 is 2.47 bits per heavy atom. The SMILES string of the molecule is C/C(N)=C/N(N)c1ccccn1.O=CNCC(=O)N1CCN(C(=O)c2cc(F)ccc2Cl)CC1. The molecule has 0 spiro atoms. The Morgan fingerprint density at radius 2 is 1.88 bits per heavy atom. The summed E-state index contributed by atoms with van der Waals surface area (Å²) in [5.74, 6) is 5.19. The third kappa shape index (κ3) is 8.01. The predicted octanol–water partition coefficient (Wildman–Crippen LogP) is 1.09. The summed E-state index contributed by atoms with van der Waals surface area (Å²) in [7, 11) is 0. The van der Waals surface area contributed by atoms with Gasteiger partial charge in [0, 0.05) is 44.3 Å². The minimum atomic E-state index is -0.526. The van der Waals surface area contributed by atoms with Crippen LogP contribution in [0.2, 0.25) is 5.02 Å². The number of anilines is 1. The summed E-state index contributed by atoms with van der Waals surface area (Å²) in [6.07, 6.45) is 3.75. The Hall–Kier alpha value is -3.70. The van der Waals surface area contributed by atoms with Gasteiger partial charge in [0.05, 0.1) is 17.1 Å². The van der Waals surface area contributed by atoms with Crippen LogP contribution in [0.1, 0.15) is 17.3 Å². The number of hydrogen-bond donors (Lipinski definition) is 3. The van der Waals surface area contributed by atoms with E-state index < -0.39 is 5.82 Å². The van der Waals surface area contributed by atoms with Crippen molar-refractivity contribution in [2.24, 2.45) is 11.6 Å². The number of nitrogens with two attached hydrogens (primary N) is 2. The molecule has 1 fully saturated rings. The van der Waals surface area contributed by atoms with E-state index in [1.807, 2.05) is 12.1 Å². The fourth-order valence-corrected chi connectivity index (χ4v) is 3.22. The third-order valence-corrected chi connectivity index (χ3v) is 5.00. The molecule has 0 unspecified atom stereocenters. The number of pyridine rings is 1. The fourth-order valence-electron chi connectivity index (χ4n) is 3.02. The molecule has 34 heavy (non-hydrogen) atoms. The average Bonchev–Trinajstić information content (AvgIpc) is 2.84. The number of aromatic nitrogens is 1. The number of carbonyl (C=O) groups excluding carboxylic acids is 3. The highest BCUT2D eigenvalue weighted by atomic mass is 35.5. The van der Waals surface area contributed by atoms with Crippen LogP contribution >= 0.6 is 11.6 Å². The molecule has 182 valence electrons. The number of benzene rings is 1. The summed E-state index contributed by atoms with van der Waals surface area (Å²) in [6, 6.07) is 9.14. The Balaban J connectivity index is 0.000000287. The number of hydrazine groups is 1. The molecule has 3 rings (SSSR count). The minimum absolute atomic E-state index is 0.0623. The first-order valence-electron chi connectivity index (χ1n) is 10.3. The number of allylic oxidation sites excluding steroid dienone is 1. The molecular weight excluding hydrogens is 465 g/mol. The van der Waals surface area contributed by atoms with Crippen LogP contribution in [-0.2, 0) is 9.59 Å². The molecule has 0 saturated carbocycles. The molecule has 2 aromatic rings. The molecule has 0 radical (unpaired) electrons. The Kier molecular flexibility index (Phi) is 10.2. The topological polar surface area (TPSA) is 138 Å². The molecule has 10 nitrogen and oxygen atoms in total. The molecule has 1 aliphatic heterocycles. The molecule has 12 heteroatoms. The maximum Gasteiger partial charge on any atom is 0.255 e. The Bertz CT molecular complexity index is 1010. The van der Waals surface area contributed by atoms with Gasteiger partial charge in [-0.25, -0.2) is 15.2 Å². The van der Waals surface area contributed by atoms with Crippen LogP contribution in [-0.4, -0.2) is 65.7 Å². The van der Waals surface area contributed by atoms with Gasteiger partial charge in [0.15, 0.2) is 0 Å². The van der Waals surface area contributed by atoms with Crippen molar-refractivity contribution in [2.75, 3.05) is 37.7 Å². The Labute approximate surface area is 201 Å². The lowest BCUT2D eigenvalue weighted by molar-refractivity contribution is -0.132. The van der Waals surface area contributed by atoms with Crippen molar-refractivity contribution in [1.29, 1.82) is 0 Å². The van der Waals surface area contributed by atoms with E-state index in [9.17, 15) is 18.8 Å². The summed E-state index contributed by atoms with van der Waals surface area (Å²) >= 11 is 5.93. The lowest BCUT2D eigenvalue weighted by Crippen LogP contribution is -2.52. The van der Waals surface area contributed by atoms with Crippen molar-refractivity contribution < 1.29 is 18.8 Å². The molecule has 1 aromatic carbocycles. The number of nitrogens with zero attached hydrogens (tertiary/aromatic N) is 4. The maximum atomic E-state index is 13.2. The van der Waals surface area contributed by atoms with E-state index >= 15 is 0 Å². The molecule has 1 aromatic heterocycles. The molecule has 1 saturated heterocycles. The van der Waals surface area contributed by atoms with Gasteiger partial charge in [-0.2, -0.15) is 0 Å². The second kappa shape index (κ2) is 13.1. The van der Waals surface area contributed by atoms with Crippen LogP contribution < -0.4 is 21.9 Å². The van der Waals surface area contributed by atoms with Gasteiger partial charge >= 0.3 is 0 Å². The third-order valence-electron chi connectivity index (χ3n) is 4.67. The van der Waals surface area contributed by atoms with Crippen LogP contribution in [0.5, 0.6) is 0 Å². The summed E-state index contributed by atoms with van der Waals surface area (Å²) < 4.78 is 13.2. The predicted molar refractivity (Wildman–Crippen MR) is 127 cm³/mol. The van der Waals surface area contributed by atoms with E-state index in [-0.39, 0.29) is 28.9 Å². The zero-order valence-corrected chi connectivity index (χ0v) is 19.4. The normalized spacial score (nSPS) is 13.5. The number of piperazine rings is 1. The van der Waals surface area contributed by atoms with Gasteiger partial charge < -0.3 is 20.9 Å². The second-order valence-corrected chi connectivity index (χ2v) is 7.67. The highest BCUT2D eigenvalue weighted by Gasteiger charge is 2.25. The van der Waals surface area contributed by atoms with Gasteiger partial charge in [-0.05, 0) is 37.3 Å². The van der Waals surface area contributed by atoms with Crippen LogP contribution in [0.3, 0.4) is 0 Å². The van der Waals surface area contributed by atoms with Crippen LogP contribution in [0, 0.1) is 5.82 Å². The molecule has 0 atom stereocenters. The van der Waals surface area contributed by atoms with Crippen molar-refractivity contribution >= 4 is 35.6 Å². The van der Waals surface area contributed by atoms with Crippen molar-refractivity contribution in [3.8, 4) is 0 Å². The first-order chi connectivity index (χ1) is 16.2. The van der Waals surface area contributed by atoms with Crippen molar-refractivity contribution in [3.63, 3.8) is 0 Å². The molecule has 3 amide bonds. The molecule has 0 aliphatic carbocycles. The fraction of sp³-hybridized carbons (Fsp3) is 0.273. The highest BCUT2D eigenvalue weighted by molar-refractivity contribution is 6.33. The number of carbonyl (C=O) groups is 3. The van der Waals surface area contributed by atoms with Gasteiger partial charge in [-0.3, -0.25) is 19.4 Å². The van der Waals surface area contributed by atoms with Crippen molar-refractivity contribution in [3.05, 3.63) is 70.9 Å². The zero-order valence-electron chi connectivity index (χ0n) is 18.7. The van der Waals surface area contributed by atoms with Crippen LogP contribution in [0.4, 0.5) is 10.2 Å². The number of amides is 3. The quantitative estimate of drug-likeness (QED) is 0.312. The smallest absolute Gasteiger partial charge is 0.255 e. The van der Waals surface area contributed by atoms with Gasteiger partial charge in [-0.1, -0.05) is 17.7 Å². The Morgan fingerprint density at radius 1 is 1.21 bits per heavy atom. The van der Waals surface area contributed by atoms with E-state index in [1.54, 1.807) is 30.3 Å². The largest absolute Gasteiger partial charge is 0.401 e. The number of nitrogens with one attached hydrogen (secondary N) is 1. The molecule has 0 bridgehead atoms. The molecule has 5 N–H and O–H groups in total. The molecular formula is C22H27ClFN7O3. The summed E-state index contributed by atoms with van der Waals surface area (Å²) in [5, 5.41) is 3.89. The maximum absolute atomic E-state index is 13.2. The summed E-state index contributed by atoms with van der Waals surface area (Å²) in [4.78, 5) is 41.4. The van der Waals surface area contributed by atoms with E-state index in [0.717, 1.165) is 6.07 Å². The van der Waals surface area contributed by atoms with Gasteiger partial charge in [0.2, 0.25) is 12.3 Å². The van der Waals surface area contributed by atoms with Crippen LogP contribution in [0.25, 0.3) is 0 Å². The van der Waals surface area contributed by atoms with E-state index in [2.05, 4.69) is 10.3 Å². The minimum Gasteiger partial charge on any atom is -0.401 e. The van der Waals surface area contributed by atoms with Gasteiger partial charge in [-0.15, -0.1) is 0 Å². The summed E-state index contributed by atoms with van der Waals surface area (Å²) in [5.41, 5.74) is 6.20. The number of hydrogen-bond acceptors (Lipinski definition) is 7. The number of rotatable bonds is 6. The first-order valence-corrected chi connectivity index (χ1v) is 10.7. The van der Waals surface area contributed by atoms with Crippen molar-refractivity contribution in [2.45, 2.75) is 6.92 Å². The molecule has 1 aliphatic rings. The average molecular weight is 492 g/mol. The zero-order chi connectivity index (χ0) is 25.1.